The van der Waals surface area contributed by atoms with Crippen LogP contribution in [0.5, 0.6) is 11.5 Å². The van der Waals surface area contributed by atoms with Crippen LogP contribution in [0.25, 0.3) is 11.5 Å². The van der Waals surface area contributed by atoms with Crippen molar-refractivity contribution in [2.45, 2.75) is 44.9 Å². The summed E-state index contributed by atoms with van der Waals surface area (Å²) in [5.41, 5.74) is 3.18. The summed E-state index contributed by atoms with van der Waals surface area (Å²) in [6.07, 6.45) is 0. The molecule has 8 heteroatoms. The van der Waals surface area contributed by atoms with Crippen molar-refractivity contribution >= 4 is 17.7 Å². The molecule has 0 saturated carbocycles. The summed E-state index contributed by atoms with van der Waals surface area (Å²) in [7, 11) is 0. The van der Waals surface area contributed by atoms with Gasteiger partial charge >= 0.3 is 0 Å². The van der Waals surface area contributed by atoms with E-state index >= 15 is 0 Å². The summed E-state index contributed by atoms with van der Waals surface area (Å²) >= 11 is 1.25. The van der Waals surface area contributed by atoms with Gasteiger partial charge in [0.2, 0.25) is 11.8 Å². The van der Waals surface area contributed by atoms with E-state index in [1.807, 2.05) is 37.3 Å². The molecule has 0 fully saturated rings. The number of hydrogen-bond acceptors (Lipinski definition) is 7. The minimum atomic E-state index is 0.00618. The summed E-state index contributed by atoms with van der Waals surface area (Å²) in [6.45, 7) is 10.7. The van der Waals surface area contributed by atoms with E-state index in [-0.39, 0.29) is 17.1 Å². The molecule has 2 heterocycles. The molecule has 0 saturated heterocycles. The van der Waals surface area contributed by atoms with Crippen LogP contribution in [0.2, 0.25) is 0 Å². The number of hydrogen-bond donors (Lipinski definition) is 0. The van der Waals surface area contributed by atoms with E-state index in [2.05, 4.69) is 43.1 Å². The molecular weight excluding hydrogens is 438 g/mol. The highest BCUT2D eigenvalue weighted by Crippen LogP contribution is 2.31. The number of amides is 1. The molecule has 1 aromatic heterocycles. The van der Waals surface area contributed by atoms with Gasteiger partial charge in [-0.1, -0.05) is 50.7 Å². The first kappa shape index (κ1) is 23.2. The van der Waals surface area contributed by atoms with Gasteiger partial charge in [0.1, 0.15) is 13.2 Å². The molecule has 0 aliphatic carbocycles. The molecule has 2 aromatic carbocycles. The van der Waals surface area contributed by atoms with Crippen LogP contribution in [0.1, 0.15) is 38.8 Å². The van der Waals surface area contributed by atoms with Crippen LogP contribution in [-0.4, -0.2) is 46.5 Å². The predicted molar refractivity (Wildman–Crippen MR) is 128 cm³/mol. The van der Waals surface area contributed by atoms with E-state index in [1.54, 1.807) is 4.90 Å². The second kappa shape index (κ2) is 9.87. The van der Waals surface area contributed by atoms with Gasteiger partial charge in [0.15, 0.2) is 11.5 Å². The number of ether oxygens (including phenoxy) is 2. The number of thioether (sulfide) groups is 1. The number of rotatable bonds is 7. The third-order valence-corrected chi connectivity index (χ3v) is 6.24. The minimum absolute atomic E-state index is 0.00618. The molecule has 0 unspecified atom stereocenters. The second-order valence-electron chi connectivity index (χ2n) is 8.88. The van der Waals surface area contributed by atoms with E-state index in [1.165, 1.54) is 17.3 Å². The standard InChI is InChI=1S/C25H29N3O4S/c1-5-28(15-17-6-11-20-21(14-17)31-13-12-30-20)22(29)16-33-24-27-26-23(32-24)18-7-9-19(10-8-18)25(2,3)4/h6-11,14H,5,12-13,15-16H2,1-4H3. The highest BCUT2D eigenvalue weighted by atomic mass is 32.2. The molecule has 0 radical (unpaired) electrons. The molecule has 1 amide bonds. The minimum Gasteiger partial charge on any atom is -0.486 e. The lowest BCUT2D eigenvalue weighted by Gasteiger charge is -2.23. The summed E-state index contributed by atoms with van der Waals surface area (Å²) in [4.78, 5) is 14.6. The Kier molecular flexibility index (Phi) is 6.93. The summed E-state index contributed by atoms with van der Waals surface area (Å²) in [5.74, 6) is 2.16. The van der Waals surface area contributed by atoms with Gasteiger partial charge < -0.3 is 18.8 Å². The normalized spacial score (nSPS) is 13.1. The quantitative estimate of drug-likeness (QED) is 0.455. The lowest BCUT2D eigenvalue weighted by molar-refractivity contribution is -0.128. The van der Waals surface area contributed by atoms with Gasteiger partial charge in [-0.25, -0.2) is 0 Å². The zero-order valence-corrected chi connectivity index (χ0v) is 20.3. The second-order valence-corrected chi connectivity index (χ2v) is 9.80. The maximum atomic E-state index is 12.8. The molecule has 33 heavy (non-hydrogen) atoms. The van der Waals surface area contributed by atoms with Gasteiger partial charge in [0.25, 0.3) is 5.22 Å². The lowest BCUT2D eigenvalue weighted by Crippen LogP contribution is -2.31. The maximum absolute atomic E-state index is 12.8. The molecule has 0 N–H and O–H groups in total. The molecule has 0 bridgehead atoms. The Labute approximate surface area is 198 Å². The van der Waals surface area contributed by atoms with E-state index in [0.29, 0.717) is 37.4 Å². The van der Waals surface area contributed by atoms with Gasteiger partial charge in [-0.3, -0.25) is 4.79 Å². The smallest absolute Gasteiger partial charge is 0.277 e. The van der Waals surface area contributed by atoms with Gasteiger partial charge in [0, 0.05) is 18.7 Å². The highest BCUT2D eigenvalue weighted by Gasteiger charge is 2.18. The fourth-order valence-electron chi connectivity index (χ4n) is 3.50. The lowest BCUT2D eigenvalue weighted by atomic mass is 9.87. The van der Waals surface area contributed by atoms with Crippen molar-refractivity contribution in [1.82, 2.24) is 15.1 Å². The molecule has 174 valence electrons. The number of benzene rings is 2. The molecule has 4 rings (SSSR count). The van der Waals surface area contributed by atoms with E-state index in [4.69, 9.17) is 13.9 Å². The van der Waals surface area contributed by atoms with E-state index < -0.39 is 0 Å². The third kappa shape index (κ3) is 5.68. The van der Waals surface area contributed by atoms with Crippen LogP contribution >= 0.6 is 11.8 Å². The molecule has 1 aliphatic heterocycles. The number of nitrogens with zero attached hydrogens (tertiary/aromatic N) is 3. The number of aromatic nitrogens is 2. The fraction of sp³-hybridized carbons (Fsp3) is 0.400. The molecule has 7 nitrogen and oxygen atoms in total. The molecule has 3 aromatic rings. The Bertz CT molecular complexity index is 1110. The Morgan fingerprint density at radius 3 is 2.45 bits per heavy atom. The number of fused-ring (bicyclic) bond motifs is 1. The van der Waals surface area contributed by atoms with Crippen molar-refractivity contribution in [2.24, 2.45) is 0 Å². The summed E-state index contributed by atoms with van der Waals surface area (Å²) in [6, 6.07) is 13.9. The van der Waals surface area contributed by atoms with Crippen LogP contribution in [-0.2, 0) is 16.8 Å². The first-order valence-electron chi connectivity index (χ1n) is 11.1. The fourth-order valence-corrected chi connectivity index (χ4v) is 4.16. The van der Waals surface area contributed by atoms with Crippen molar-refractivity contribution in [1.29, 1.82) is 0 Å². The van der Waals surface area contributed by atoms with Crippen molar-refractivity contribution < 1.29 is 18.7 Å². The van der Waals surface area contributed by atoms with Gasteiger partial charge in [0.05, 0.1) is 5.75 Å². The molecule has 0 spiro atoms. The Morgan fingerprint density at radius 1 is 1.03 bits per heavy atom. The Balaban J connectivity index is 1.34. The van der Waals surface area contributed by atoms with Crippen LogP contribution in [0.3, 0.4) is 0 Å². The predicted octanol–water partition coefficient (Wildman–Crippen LogP) is 4.95. The Hall–Kier alpha value is -3.00. The van der Waals surface area contributed by atoms with Crippen molar-refractivity contribution in [3.8, 4) is 23.0 Å². The topological polar surface area (TPSA) is 77.7 Å². The van der Waals surface area contributed by atoms with Crippen LogP contribution < -0.4 is 9.47 Å². The molecular formula is C25H29N3O4S. The first-order chi connectivity index (χ1) is 15.8. The largest absolute Gasteiger partial charge is 0.486 e. The first-order valence-corrected chi connectivity index (χ1v) is 12.1. The number of carbonyl (C=O) groups excluding carboxylic acids is 1. The molecule has 0 atom stereocenters. The molecule has 1 aliphatic rings. The van der Waals surface area contributed by atoms with Crippen LogP contribution in [0, 0.1) is 0 Å². The van der Waals surface area contributed by atoms with Gasteiger partial charge in [-0.05, 0) is 47.7 Å². The van der Waals surface area contributed by atoms with Crippen molar-refractivity contribution in [3.05, 3.63) is 53.6 Å². The zero-order valence-electron chi connectivity index (χ0n) is 19.5. The number of carbonyl (C=O) groups is 1. The van der Waals surface area contributed by atoms with Gasteiger partial charge in [-0.15, -0.1) is 10.2 Å². The van der Waals surface area contributed by atoms with Crippen LogP contribution in [0.4, 0.5) is 0 Å². The van der Waals surface area contributed by atoms with E-state index in [0.717, 1.165) is 22.6 Å². The van der Waals surface area contributed by atoms with Gasteiger partial charge in [-0.2, -0.15) is 0 Å². The monoisotopic (exact) mass is 467 g/mol. The van der Waals surface area contributed by atoms with Crippen LogP contribution in [0.15, 0.2) is 52.1 Å². The highest BCUT2D eigenvalue weighted by molar-refractivity contribution is 7.99. The van der Waals surface area contributed by atoms with E-state index in [9.17, 15) is 4.79 Å². The maximum Gasteiger partial charge on any atom is 0.277 e. The summed E-state index contributed by atoms with van der Waals surface area (Å²) < 4.78 is 17.0. The zero-order chi connectivity index (χ0) is 23.4. The SMILES string of the molecule is CCN(Cc1ccc2c(c1)OCCO2)C(=O)CSc1nnc(-c2ccc(C(C)(C)C)cc2)o1. The van der Waals surface area contributed by atoms with Crippen molar-refractivity contribution in [2.75, 3.05) is 25.5 Å². The average molecular weight is 468 g/mol. The average Bonchev–Trinajstić information content (AvgIpc) is 3.29. The Morgan fingerprint density at radius 2 is 1.76 bits per heavy atom. The van der Waals surface area contributed by atoms with Crippen molar-refractivity contribution in [3.63, 3.8) is 0 Å². The third-order valence-electron chi connectivity index (χ3n) is 5.44. The summed E-state index contributed by atoms with van der Waals surface area (Å²) in [5, 5.41) is 8.62.